The van der Waals surface area contributed by atoms with E-state index in [1.807, 2.05) is 0 Å². The summed E-state index contributed by atoms with van der Waals surface area (Å²) in [6, 6.07) is 8.96. The van der Waals surface area contributed by atoms with Crippen molar-refractivity contribution in [2.24, 2.45) is 21.1 Å². The number of aryl methyl sites for hydroxylation is 6. The van der Waals surface area contributed by atoms with Crippen LogP contribution in [0.3, 0.4) is 0 Å². The number of hydrogen-bond acceptors (Lipinski definition) is 0. The van der Waals surface area contributed by atoms with Crippen LogP contribution < -0.4 is 9.13 Å². The molecule has 0 fully saturated rings. The molecule has 3 nitrogen and oxygen atoms in total. The molecule has 0 saturated carbocycles. The standard InChI is InChI=1S/C21H27N3/c1-14-10-16(3)20(22(5)12-14)18-8-9-19(24(18)7)21-17(4)11-15(2)13-23(21)6/h8-13H,1-7H3/q+2. The summed E-state index contributed by atoms with van der Waals surface area (Å²) in [5.41, 5.74) is 10.2. The summed E-state index contributed by atoms with van der Waals surface area (Å²) in [6.45, 7) is 8.66. The molecule has 0 amide bonds. The molecule has 124 valence electrons. The maximum Gasteiger partial charge on any atom is 0.231 e. The monoisotopic (exact) mass is 321 g/mol. The van der Waals surface area contributed by atoms with Gasteiger partial charge in [0.15, 0.2) is 12.4 Å². The third kappa shape index (κ3) is 2.64. The van der Waals surface area contributed by atoms with Crippen LogP contribution in [-0.2, 0) is 21.1 Å². The van der Waals surface area contributed by atoms with Gasteiger partial charge in [0, 0.05) is 29.3 Å². The molecule has 0 atom stereocenters. The first-order chi connectivity index (χ1) is 11.3. The molecule has 3 aromatic rings. The quantitative estimate of drug-likeness (QED) is 0.643. The highest BCUT2D eigenvalue weighted by atomic mass is 15.0. The molecule has 0 N–H and O–H groups in total. The summed E-state index contributed by atoms with van der Waals surface area (Å²) in [6.07, 6.45) is 4.37. The van der Waals surface area contributed by atoms with Crippen molar-refractivity contribution in [3.63, 3.8) is 0 Å². The number of aromatic nitrogens is 3. The zero-order valence-corrected chi connectivity index (χ0v) is 15.8. The van der Waals surface area contributed by atoms with E-state index in [1.165, 1.54) is 45.0 Å². The normalized spacial score (nSPS) is 11.1. The summed E-state index contributed by atoms with van der Waals surface area (Å²) < 4.78 is 6.76. The van der Waals surface area contributed by atoms with Gasteiger partial charge < -0.3 is 4.57 Å². The van der Waals surface area contributed by atoms with Crippen LogP contribution in [0, 0.1) is 27.7 Å². The molecule has 0 saturated heterocycles. The molecule has 24 heavy (non-hydrogen) atoms. The van der Waals surface area contributed by atoms with E-state index in [0.29, 0.717) is 0 Å². The number of rotatable bonds is 2. The lowest BCUT2D eigenvalue weighted by Crippen LogP contribution is -2.33. The maximum absolute atomic E-state index is 2.30. The van der Waals surface area contributed by atoms with Gasteiger partial charge >= 0.3 is 0 Å². The molecule has 3 heteroatoms. The van der Waals surface area contributed by atoms with Crippen molar-refractivity contribution < 1.29 is 9.13 Å². The predicted molar refractivity (Wildman–Crippen MR) is 97.6 cm³/mol. The van der Waals surface area contributed by atoms with Crippen molar-refractivity contribution in [1.82, 2.24) is 4.57 Å². The van der Waals surface area contributed by atoms with Gasteiger partial charge in [0.2, 0.25) is 11.4 Å². The smallest absolute Gasteiger partial charge is 0.231 e. The zero-order valence-electron chi connectivity index (χ0n) is 15.8. The van der Waals surface area contributed by atoms with Gasteiger partial charge in [-0.05, 0) is 52.0 Å². The first-order valence-electron chi connectivity index (χ1n) is 8.40. The Bertz CT molecular complexity index is 811. The van der Waals surface area contributed by atoms with E-state index in [1.54, 1.807) is 0 Å². The van der Waals surface area contributed by atoms with Crippen LogP contribution in [0.5, 0.6) is 0 Å². The average Bonchev–Trinajstić information content (AvgIpc) is 2.79. The molecule has 0 aliphatic rings. The molecular formula is C21H27N3+2. The van der Waals surface area contributed by atoms with Gasteiger partial charge in [-0.1, -0.05) is 0 Å². The maximum atomic E-state index is 2.30. The lowest BCUT2D eigenvalue weighted by molar-refractivity contribution is -0.661. The molecule has 0 radical (unpaired) electrons. The summed E-state index contributed by atoms with van der Waals surface area (Å²) in [5.74, 6) is 0. The van der Waals surface area contributed by atoms with Crippen LogP contribution >= 0.6 is 0 Å². The van der Waals surface area contributed by atoms with E-state index >= 15 is 0 Å². The van der Waals surface area contributed by atoms with Gasteiger partial charge in [0.1, 0.15) is 25.5 Å². The summed E-state index contributed by atoms with van der Waals surface area (Å²) in [5, 5.41) is 0. The third-order valence-corrected chi connectivity index (χ3v) is 4.74. The second kappa shape index (κ2) is 5.90. The van der Waals surface area contributed by atoms with Gasteiger partial charge in [-0.3, -0.25) is 0 Å². The first kappa shape index (κ1) is 16.4. The minimum atomic E-state index is 1.24. The van der Waals surface area contributed by atoms with Crippen LogP contribution in [0.25, 0.3) is 22.8 Å². The fourth-order valence-corrected chi connectivity index (χ4v) is 3.94. The van der Waals surface area contributed by atoms with Gasteiger partial charge in [0.05, 0.1) is 0 Å². The Morgan fingerprint density at radius 2 is 1.08 bits per heavy atom. The van der Waals surface area contributed by atoms with Crippen LogP contribution in [-0.4, -0.2) is 4.57 Å². The van der Waals surface area contributed by atoms with E-state index < -0.39 is 0 Å². The van der Waals surface area contributed by atoms with Gasteiger partial charge in [-0.25, -0.2) is 0 Å². The van der Waals surface area contributed by atoms with E-state index in [9.17, 15) is 0 Å². The number of hydrogen-bond donors (Lipinski definition) is 0. The molecular weight excluding hydrogens is 294 g/mol. The van der Waals surface area contributed by atoms with E-state index in [-0.39, 0.29) is 0 Å². The molecule has 3 rings (SSSR count). The van der Waals surface area contributed by atoms with Crippen molar-refractivity contribution in [1.29, 1.82) is 0 Å². The summed E-state index contributed by atoms with van der Waals surface area (Å²) in [7, 11) is 6.40. The van der Waals surface area contributed by atoms with Crippen LogP contribution in [0.2, 0.25) is 0 Å². The molecule has 0 bridgehead atoms. The average molecular weight is 321 g/mol. The van der Waals surface area contributed by atoms with Crippen LogP contribution in [0.4, 0.5) is 0 Å². The minimum Gasteiger partial charge on any atom is -0.334 e. The molecule has 0 aromatic carbocycles. The summed E-state index contributed by atoms with van der Waals surface area (Å²) in [4.78, 5) is 0. The number of nitrogens with zero attached hydrogens (tertiary/aromatic N) is 3. The Balaban J connectivity index is 2.22. The number of pyridine rings is 2. The topological polar surface area (TPSA) is 12.7 Å². The van der Waals surface area contributed by atoms with E-state index in [4.69, 9.17) is 0 Å². The van der Waals surface area contributed by atoms with Gasteiger partial charge in [0.25, 0.3) is 0 Å². The highest BCUT2D eigenvalue weighted by Crippen LogP contribution is 2.28. The minimum absolute atomic E-state index is 1.24. The second-order valence-electron chi connectivity index (χ2n) is 6.98. The lowest BCUT2D eigenvalue weighted by Gasteiger charge is -2.10. The highest BCUT2D eigenvalue weighted by Gasteiger charge is 2.23. The third-order valence-electron chi connectivity index (χ3n) is 4.74. The van der Waals surface area contributed by atoms with Crippen LogP contribution in [0.1, 0.15) is 22.3 Å². The molecule has 3 heterocycles. The second-order valence-corrected chi connectivity index (χ2v) is 6.98. The van der Waals surface area contributed by atoms with Crippen molar-refractivity contribution in [3.8, 4) is 22.8 Å². The Morgan fingerprint density at radius 3 is 1.42 bits per heavy atom. The Labute approximate surface area is 144 Å². The van der Waals surface area contributed by atoms with Crippen LogP contribution in [0.15, 0.2) is 36.7 Å². The summed E-state index contributed by atoms with van der Waals surface area (Å²) >= 11 is 0. The SMILES string of the molecule is Cc1cc(C)c(-c2ccc(-c3c(C)cc(C)c[n+]3C)n2C)[n+](C)c1. The Hall–Kier alpha value is -2.42. The molecule has 0 aliphatic heterocycles. The zero-order chi connectivity index (χ0) is 17.6. The predicted octanol–water partition coefficient (Wildman–Crippen LogP) is 3.24. The molecule has 0 aliphatic carbocycles. The van der Waals surface area contributed by atoms with Gasteiger partial charge in [-0.15, -0.1) is 0 Å². The highest BCUT2D eigenvalue weighted by molar-refractivity contribution is 5.66. The van der Waals surface area contributed by atoms with Crippen molar-refractivity contribution in [3.05, 3.63) is 58.9 Å². The fraction of sp³-hybridized carbons (Fsp3) is 0.333. The fourth-order valence-electron chi connectivity index (χ4n) is 3.94. The van der Waals surface area contributed by atoms with Gasteiger partial charge in [-0.2, -0.15) is 9.13 Å². The molecule has 3 aromatic heterocycles. The van der Waals surface area contributed by atoms with E-state index in [2.05, 4.69) is 99.2 Å². The Morgan fingerprint density at radius 1 is 0.708 bits per heavy atom. The van der Waals surface area contributed by atoms with E-state index in [0.717, 1.165) is 0 Å². The Kier molecular flexibility index (Phi) is 4.04. The van der Waals surface area contributed by atoms with Crippen molar-refractivity contribution in [2.45, 2.75) is 27.7 Å². The molecule has 0 unspecified atom stereocenters. The molecule has 0 spiro atoms. The lowest BCUT2D eigenvalue weighted by atomic mass is 10.1. The largest absolute Gasteiger partial charge is 0.334 e. The van der Waals surface area contributed by atoms with Crippen molar-refractivity contribution >= 4 is 0 Å². The first-order valence-corrected chi connectivity index (χ1v) is 8.40. The van der Waals surface area contributed by atoms with Crippen molar-refractivity contribution in [2.75, 3.05) is 0 Å².